The summed E-state index contributed by atoms with van der Waals surface area (Å²) in [4.78, 5) is 12.1. The Morgan fingerprint density at radius 1 is 0.966 bits per heavy atom. The predicted octanol–water partition coefficient (Wildman–Crippen LogP) is 5.76. The second-order valence-electron chi connectivity index (χ2n) is 6.10. The van der Waals surface area contributed by atoms with Gasteiger partial charge >= 0.3 is 5.97 Å². The molecule has 0 aromatic heterocycles. The number of carbonyl (C=O) groups excluding carboxylic acids is 1. The molecule has 0 radical (unpaired) electrons. The predicted molar refractivity (Wildman–Crippen MR) is 119 cm³/mol. The van der Waals surface area contributed by atoms with Crippen molar-refractivity contribution < 1.29 is 9.53 Å². The summed E-state index contributed by atoms with van der Waals surface area (Å²) >= 11 is 5.93. The lowest BCUT2D eigenvalue weighted by Gasteiger charge is -2.13. The quantitative estimate of drug-likeness (QED) is 0.336. The third-order valence-electron chi connectivity index (χ3n) is 4.02. The number of ether oxygens (including phenoxy) is 1. The van der Waals surface area contributed by atoms with E-state index in [1.165, 1.54) is 6.08 Å². The van der Waals surface area contributed by atoms with Gasteiger partial charge < -0.3 is 10.1 Å². The van der Waals surface area contributed by atoms with Crippen molar-refractivity contribution in [2.45, 2.75) is 6.92 Å². The molecule has 4 heteroatoms. The minimum absolute atomic E-state index is 0.320. The Labute approximate surface area is 176 Å². The molecule has 1 N–H and O–H groups in total. The highest BCUT2D eigenvalue weighted by atomic mass is 35.5. The zero-order chi connectivity index (χ0) is 20.5. The van der Waals surface area contributed by atoms with Crippen molar-refractivity contribution in [1.82, 2.24) is 0 Å². The van der Waals surface area contributed by atoms with Gasteiger partial charge in [-0.2, -0.15) is 0 Å². The van der Waals surface area contributed by atoms with E-state index in [2.05, 4.69) is 17.2 Å². The number of hydrogen-bond acceptors (Lipinski definition) is 3. The first-order valence-electron chi connectivity index (χ1n) is 9.23. The Morgan fingerprint density at radius 3 is 2.38 bits per heavy atom. The number of anilines is 1. The molecule has 0 heterocycles. The molecule has 3 aromatic rings. The summed E-state index contributed by atoms with van der Waals surface area (Å²) in [6, 6.07) is 24.7. The van der Waals surface area contributed by atoms with Crippen LogP contribution < -0.4 is 5.32 Å². The SMILES string of the molecule is CCOC(=O)/C=C(/Nc1ccccc1C#Cc1ccc(Cl)cc1)c1ccccc1. The van der Waals surface area contributed by atoms with Crippen molar-refractivity contribution in [2.75, 3.05) is 11.9 Å². The van der Waals surface area contributed by atoms with Crippen molar-refractivity contribution in [1.29, 1.82) is 0 Å². The molecule has 0 aliphatic rings. The molecule has 0 saturated carbocycles. The van der Waals surface area contributed by atoms with Gasteiger partial charge in [-0.3, -0.25) is 0 Å². The standard InChI is InChI=1S/C25H20ClNO2/c1-2-29-25(28)18-24(20-8-4-3-5-9-20)27-23-11-7-6-10-21(23)15-12-19-13-16-22(26)17-14-19/h3-11,13-14,16-18,27H,2H2,1H3/b24-18+. The molecule has 0 amide bonds. The maximum absolute atomic E-state index is 12.1. The summed E-state index contributed by atoms with van der Waals surface area (Å²) in [7, 11) is 0. The van der Waals surface area contributed by atoms with E-state index >= 15 is 0 Å². The third kappa shape index (κ3) is 6.00. The molecular formula is C25H20ClNO2. The maximum atomic E-state index is 12.1. The van der Waals surface area contributed by atoms with Crippen molar-refractivity contribution >= 4 is 29.0 Å². The fourth-order valence-corrected chi connectivity index (χ4v) is 2.76. The van der Waals surface area contributed by atoms with Gasteiger partial charge in [0.05, 0.1) is 18.0 Å². The Kier molecular flexibility index (Phi) is 7.10. The maximum Gasteiger partial charge on any atom is 0.332 e. The number of para-hydroxylation sites is 1. The first-order valence-corrected chi connectivity index (χ1v) is 9.61. The van der Waals surface area contributed by atoms with Crippen LogP contribution in [-0.4, -0.2) is 12.6 Å². The molecule has 3 nitrogen and oxygen atoms in total. The smallest absolute Gasteiger partial charge is 0.332 e. The molecule has 0 fully saturated rings. The summed E-state index contributed by atoms with van der Waals surface area (Å²) < 4.78 is 5.08. The van der Waals surface area contributed by atoms with E-state index in [4.69, 9.17) is 16.3 Å². The average Bonchev–Trinajstić information content (AvgIpc) is 2.74. The molecule has 0 unspecified atom stereocenters. The van der Waals surface area contributed by atoms with Gasteiger partial charge in [0.2, 0.25) is 0 Å². The van der Waals surface area contributed by atoms with Gasteiger partial charge in [-0.1, -0.05) is 65.9 Å². The van der Waals surface area contributed by atoms with E-state index in [-0.39, 0.29) is 0 Å². The van der Waals surface area contributed by atoms with E-state index in [0.29, 0.717) is 17.3 Å². The van der Waals surface area contributed by atoms with Crippen LogP contribution in [0.3, 0.4) is 0 Å². The topological polar surface area (TPSA) is 38.3 Å². The first-order chi connectivity index (χ1) is 14.2. The number of carbonyl (C=O) groups is 1. The molecule has 0 bridgehead atoms. The Hall–Kier alpha value is -3.48. The number of hydrogen-bond donors (Lipinski definition) is 1. The van der Waals surface area contributed by atoms with Crippen LogP contribution in [-0.2, 0) is 9.53 Å². The van der Waals surface area contributed by atoms with Crippen LogP contribution in [0, 0.1) is 11.8 Å². The van der Waals surface area contributed by atoms with E-state index in [1.54, 1.807) is 6.92 Å². The molecule has 29 heavy (non-hydrogen) atoms. The lowest BCUT2D eigenvalue weighted by Crippen LogP contribution is -2.06. The van der Waals surface area contributed by atoms with Crippen LogP contribution in [0.4, 0.5) is 5.69 Å². The van der Waals surface area contributed by atoms with Crippen LogP contribution in [0.15, 0.2) is 84.9 Å². The highest BCUT2D eigenvalue weighted by Gasteiger charge is 2.08. The van der Waals surface area contributed by atoms with Crippen LogP contribution >= 0.6 is 11.6 Å². The summed E-state index contributed by atoms with van der Waals surface area (Å²) in [6.45, 7) is 2.10. The van der Waals surface area contributed by atoms with Crippen molar-refractivity contribution in [2.24, 2.45) is 0 Å². The van der Waals surface area contributed by atoms with Crippen LogP contribution in [0.5, 0.6) is 0 Å². The second kappa shape index (κ2) is 10.2. The summed E-state index contributed by atoms with van der Waals surface area (Å²) in [5.41, 5.74) is 4.00. The lowest BCUT2D eigenvalue weighted by molar-refractivity contribution is -0.137. The zero-order valence-electron chi connectivity index (χ0n) is 16.0. The molecule has 3 aromatic carbocycles. The number of halogens is 1. The van der Waals surface area contributed by atoms with Gasteiger partial charge in [0.1, 0.15) is 0 Å². The minimum Gasteiger partial charge on any atom is -0.463 e. The number of nitrogens with one attached hydrogen (secondary N) is 1. The molecule has 0 spiro atoms. The van der Waals surface area contributed by atoms with Gasteiger partial charge in [-0.05, 0) is 48.9 Å². The number of rotatable bonds is 5. The van der Waals surface area contributed by atoms with Crippen molar-refractivity contribution in [3.8, 4) is 11.8 Å². The van der Waals surface area contributed by atoms with Gasteiger partial charge in [0, 0.05) is 22.2 Å². The molecule has 3 rings (SSSR count). The highest BCUT2D eigenvalue weighted by Crippen LogP contribution is 2.22. The van der Waals surface area contributed by atoms with Gasteiger partial charge in [-0.25, -0.2) is 4.79 Å². The fraction of sp³-hybridized carbons (Fsp3) is 0.0800. The molecule has 144 valence electrons. The Balaban J connectivity index is 1.93. The summed E-state index contributed by atoms with van der Waals surface area (Å²) in [5, 5.41) is 4.01. The Bertz CT molecular complexity index is 1060. The van der Waals surface area contributed by atoms with E-state index in [0.717, 1.165) is 22.4 Å². The lowest BCUT2D eigenvalue weighted by atomic mass is 10.1. The van der Waals surface area contributed by atoms with Crippen molar-refractivity contribution in [3.63, 3.8) is 0 Å². The van der Waals surface area contributed by atoms with Gasteiger partial charge in [-0.15, -0.1) is 0 Å². The average molecular weight is 402 g/mol. The third-order valence-corrected chi connectivity index (χ3v) is 4.27. The summed E-state index contributed by atoms with van der Waals surface area (Å²) in [6.07, 6.45) is 1.46. The second-order valence-corrected chi connectivity index (χ2v) is 6.54. The Morgan fingerprint density at radius 2 is 1.66 bits per heavy atom. The van der Waals surface area contributed by atoms with E-state index in [1.807, 2.05) is 78.9 Å². The molecule has 0 saturated heterocycles. The molecule has 0 aliphatic carbocycles. The van der Waals surface area contributed by atoms with Gasteiger partial charge in [0.25, 0.3) is 0 Å². The van der Waals surface area contributed by atoms with Crippen LogP contribution in [0.25, 0.3) is 5.70 Å². The first kappa shape index (κ1) is 20.3. The largest absolute Gasteiger partial charge is 0.463 e. The van der Waals surface area contributed by atoms with E-state index in [9.17, 15) is 4.79 Å². The minimum atomic E-state index is -0.399. The highest BCUT2D eigenvalue weighted by molar-refractivity contribution is 6.30. The fourth-order valence-electron chi connectivity index (χ4n) is 2.63. The van der Waals surface area contributed by atoms with Crippen molar-refractivity contribution in [3.05, 3.63) is 107 Å². The molecule has 0 atom stereocenters. The zero-order valence-corrected chi connectivity index (χ0v) is 16.7. The summed E-state index contributed by atoms with van der Waals surface area (Å²) in [5.74, 6) is 5.93. The molecule has 0 aliphatic heterocycles. The van der Waals surface area contributed by atoms with Crippen LogP contribution in [0.2, 0.25) is 5.02 Å². The van der Waals surface area contributed by atoms with E-state index < -0.39 is 5.97 Å². The molecular weight excluding hydrogens is 382 g/mol. The number of benzene rings is 3. The van der Waals surface area contributed by atoms with Gasteiger partial charge in [0.15, 0.2) is 0 Å². The normalized spacial score (nSPS) is 10.6. The monoisotopic (exact) mass is 401 g/mol. The number of esters is 1. The van der Waals surface area contributed by atoms with Crippen LogP contribution in [0.1, 0.15) is 23.6 Å².